The minimum Gasteiger partial charge on any atom is -0.349 e. The zero-order valence-corrected chi connectivity index (χ0v) is 10.9. The number of hydrogen-bond donors (Lipinski definition) is 0. The third kappa shape index (κ3) is 3.33. The van der Waals surface area contributed by atoms with Gasteiger partial charge in [0.15, 0.2) is 0 Å². The first-order chi connectivity index (χ1) is 7.20. The highest BCUT2D eigenvalue weighted by molar-refractivity contribution is 7.85. The molecule has 0 aromatic carbocycles. The van der Waals surface area contributed by atoms with E-state index in [1.165, 1.54) is 0 Å². The van der Waals surface area contributed by atoms with Gasteiger partial charge in [0.05, 0.1) is 0 Å². The molecule has 0 aliphatic rings. The van der Waals surface area contributed by atoms with E-state index in [0.717, 1.165) is 17.9 Å². The van der Waals surface area contributed by atoms with E-state index in [4.69, 9.17) is 0 Å². The van der Waals surface area contributed by atoms with E-state index in [0.29, 0.717) is 11.5 Å². The van der Waals surface area contributed by atoms with E-state index in [1.807, 2.05) is 18.4 Å². The Morgan fingerprint density at radius 3 is 2.38 bits per heavy atom. The standard InChI is InChI=1S/C11H18FNO2S/c1-8(2)6-13-9(3)5-11(10(13)4)7-16(12,14)15/h5,8H,6-7H2,1-4H3. The fourth-order valence-corrected chi connectivity index (χ4v) is 2.51. The second kappa shape index (κ2) is 4.57. The Balaban J connectivity index is 3.06. The van der Waals surface area contributed by atoms with Crippen LogP contribution < -0.4 is 0 Å². The van der Waals surface area contributed by atoms with Crippen molar-refractivity contribution >= 4 is 10.2 Å². The van der Waals surface area contributed by atoms with Gasteiger partial charge in [-0.1, -0.05) is 13.8 Å². The Kier molecular flexibility index (Phi) is 3.78. The third-order valence-electron chi connectivity index (χ3n) is 2.55. The van der Waals surface area contributed by atoms with Gasteiger partial charge in [-0.05, 0) is 31.4 Å². The third-order valence-corrected chi connectivity index (χ3v) is 3.21. The lowest BCUT2D eigenvalue weighted by Crippen LogP contribution is -2.08. The van der Waals surface area contributed by atoms with Crippen molar-refractivity contribution in [2.75, 3.05) is 0 Å². The minimum atomic E-state index is -4.44. The number of aryl methyl sites for hydroxylation is 1. The van der Waals surface area contributed by atoms with Gasteiger partial charge in [0.1, 0.15) is 5.75 Å². The molecule has 92 valence electrons. The van der Waals surface area contributed by atoms with Crippen molar-refractivity contribution in [2.45, 2.75) is 40.0 Å². The van der Waals surface area contributed by atoms with Crippen molar-refractivity contribution in [3.63, 3.8) is 0 Å². The summed E-state index contributed by atoms with van der Waals surface area (Å²) in [5.74, 6) is -0.0512. The van der Waals surface area contributed by atoms with Crippen molar-refractivity contribution in [1.82, 2.24) is 4.57 Å². The van der Waals surface area contributed by atoms with Gasteiger partial charge in [-0.3, -0.25) is 0 Å². The summed E-state index contributed by atoms with van der Waals surface area (Å²) in [6.07, 6.45) is 0. The van der Waals surface area contributed by atoms with Crippen LogP contribution in [0.3, 0.4) is 0 Å². The summed E-state index contributed by atoms with van der Waals surface area (Å²) >= 11 is 0. The molecule has 1 rings (SSSR count). The van der Waals surface area contributed by atoms with Crippen LogP contribution in [0.15, 0.2) is 6.07 Å². The largest absolute Gasteiger partial charge is 0.349 e. The van der Waals surface area contributed by atoms with E-state index in [-0.39, 0.29) is 0 Å². The summed E-state index contributed by atoms with van der Waals surface area (Å²) < 4.78 is 35.9. The average molecular weight is 247 g/mol. The molecule has 16 heavy (non-hydrogen) atoms. The summed E-state index contributed by atoms with van der Waals surface area (Å²) in [7, 11) is -4.44. The Morgan fingerprint density at radius 1 is 1.38 bits per heavy atom. The molecule has 0 aliphatic heterocycles. The molecule has 0 aliphatic carbocycles. The van der Waals surface area contributed by atoms with Crippen LogP contribution in [0.4, 0.5) is 3.89 Å². The first kappa shape index (κ1) is 13.2. The predicted molar refractivity (Wildman–Crippen MR) is 62.5 cm³/mol. The zero-order valence-electron chi connectivity index (χ0n) is 10.1. The van der Waals surface area contributed by atoms with Crippen LogP contribution in [-0.2, 0) is 22.5 Å². The Labute approximate surface area is 96.5 Å². The highest BCUT2D eigenvalue weighted by Gasteiger charge is 2.16. The predicted octanol–water partition coefficient (Wildman–Crippen LogP) is 2.56. The molecule has 0 N–H and O–H groups in total. The number of rotatable bonds is 4. The van der Waals surface area contributed by atoms with E-state index in [1.54, 1.807) is 6.07 Å². The van der Waals surface area contributed by atoms with E-state index >= 15 is 0 Å². The van der Waals surface area contributed by atoms with Crippen molar-refractivity contribution < 1.29 is 12.3 Å². The molecule has 0 saturated heterocycles. The second-order valence-electron chi connectivity index (χ2n) is 4.58. The quantitative estimate of drug-likeness (QED) is 0.767. The van der Waals surface area contributed by atoms with Gasteiger partial charge in [-0.25, -0.2) is 0 Å². The maximum Gasteiger partial charge on any atom is 0.306 e. The smallest absolute Gasteiger partial charge is 0.306 e. The Bertz CT molecular complexity index is 474. The summed E-state index contributed by atoms with van der Waals surface area (Å²) in [5.41, 5.74) is 2.37. The summed E-state index contributed by atoms with van der Waals surface area (Å²) in [6, 6.07) is 1.74. The molecule has 1 aromatic heterocycles. The lowest BCUT2D eigenvalue weighted by atomic mass is 10.2. The topological polar surface area (TPSA) is 39.1 Å². The van der Waals surface area contributed by atoms with Gasteiger partial charge < -0.3 is 4.57 Å². The highest BCUT2D eigenvalue weighted by atomic mass is 32.3. The minimum absolute atomic E-state index is 0.472. The van der Waals surface area contributed by atoms with Gasteiger partial charge in [-0.15, -0.1) is 3.89 Å². The summed E-state index contributed by atoms with van der Waals surface area (Å²) in [6.45, 7) is 8.73. The molecule has 1 heterocycles. The van der Waals surface area contributed by atoms with Crippen LogP contribution in [0.2, 0.25) is 0 Å². The maximum absolute atomic E-state index is 12.6. The molecule has 0 fully saturated rings. The normalized spacial score (nSPS) is 12.4. The van der Waals surface area contributed by atoms with Crippen LogP contribution in [0, 0.1) is 19.8 Å². The van der Waals surface area contributed by atoms with Gasteiger partial charge in [0, 0.05) is 17.9 Å². The molecular formula is C11H18FNO2S. The zero-order chi connectivity index (χ0) is 12.5. The molecule has 3 nitrogen and oxygen atoms in total. The average Bonchev–Trinajstić information content (AvgIpc) is 2.29. The van der Waals surface area contributed by atoms with E-state index in [2.05, 4.69) is 13.8 Å². The van der Waals surface area contributed by atoms with Gasteiger partial charge in [-0.2, -0.15) is 8.42 Å². The van der Waals surface area contributed by atoms with Crippen LogP contribution in [0.1, 0.15) is 30.8 Å². The van der Waals surface area contributed by atoms with Crippen LogP contribution >= 0.6 is 0 Å². The van der Waals surface area contributed by atoms with Gasteiger partial charge in [0.2, 0.25) is 0 Å². The lowest BCUT2D eigenvalue weighted by molar-refractivity contribution is 0.508. The fraction of sp³-hybridized carbons (Fsp3) is 0.636. The van der Waals surface area contributed by atoms with E-state index < -0.39 is 16.0 Å². The number of nitrogens with zero attached hydrogens (tertiary/aromatic N) is 1. The highest BCUT2D eigenvalue weighted by Crippen LogP contribution is 2.19. The lowest BCUT2D eigenvalue weighted by Gasteiger charge is -2.12. The number of aromatic nitrogens is 1. The van der Waals surface area contributed by atoms with Crippen molar-refractivity contribution in [2.24, 2.45) is 5.92 Å². The van der Waals surface area contributed by atoms with Crippen molar-refractivity contribution in [1.29, 1.82) is 0 Å². The van der Waals surface area contributed by atoms with Crippen LogP contribution in [-0.4, -0.2) is 13.0 Å². The maximum atomic E-state index is 12.6. The van der Waals surface area contributed by atoms with Crippen LogP contribution in [0.5, 0.6) is 0 Å². The monoisotopic (exact) mass is 247 g/mol. The summed E-state index contributed by atoms with van der Waals surface area (Å²) in [4.78, 5) is 0. The molecular weight excluding hydrogens is 229 g/mol. The SMILES string of the molecule is Cc1cc(CS(=O)(=O)F)c(C)n1CC(C)C. The Hall–Kier alpha value is -0.840. The molecule has 0 radical (unpaired) electrons. The molecule has 0 unspecified atom stereocenters. The number of halogens is 1. The molecule has 0 spiro atoms. The van der Waals surface area contributed by atoms with Crippen molar-refractivity contribution in [3.8, 4) is 0 Å². The van der Waals surface area contributed by atoms with Gasteiger partial charge in [0.25, 0.3) is 0 Å². The first-order valence-electron chi connectivity index (χ1n) is 5.28. The van der Waals surface area contributed by atoms with Gasteiger partial charge >= 0.3 is 10.2 Å². The van der Waals surface area contributed by atoms with E-state index in [9.17, 15) is 12.3 Å². The molecule has 0 amide bonds. The first-order valence-corrected chi connectivity index (χ1v) is 6.84. The van der Waals surface area contributed by atoms with Crippen molar-refractivity contribution in [3.05, 3.63) is 23.0 Å². The molecule has 5 heteroatoms. The van der Waals surface area contributed by atoms with Crippen LogP contribution in [0.25, 0.3) is 0 Å². The summed E-state index contributed by atoms with van der Waals surface area (Å²) in [5, 5.41) is 0. The molecule has 0 atom stereocenters. The number of hydrogen-bond acceptors (Lipinski definition) is 2. The Morgan fingerprint density at radius 2 is 1.94 bits per heavy atom. The molecule has 0 saturated carbocycles. The molecule has 0 bridgehead atoms. The molecule has 1 aromatic rings. The second-order valence-corrected chi connectivity index (χ2v) is 5.95. The fourth-order valence-electron chi connectivity index (χ4n) is 1.85.